The lowest BCUT2D eigenvalue weighted by atomic mass is 9.84. The van der Waals surface area contributed by atoms with E-state index in [1.807, 2.05) is 0 Å². The summed E-state index contributed by atoms with van der Waals surface area (Å²) in [5.41, 5.74) is 0.151. The van der Waals surface area contributed by atoms with E-state index in [1.54, 1.807) is 20.8 Å². The summed E-state index contributed by atoms with van der Waals surface area (Å²) in [5, 5.41) is 3.50. The molecule has 0 saturated carbocycles. The van der Waals surface area contributed by atoms with Crippen LogP contribution in [0.15, 0.2) is 0 Å². The van der Waals surface area contributed by atoms with Crippen molar-refractivity contribution in [3.05, 3.63) is 0 Å². The minimum absolute atomic E-state index is 0.151. The van der Waals surface area contributed by atoms with Gasteiger partial charge in [-0.15, -0.1) is 0 Å². The SMILES string of the molecule is CC1CN(CCS(=O)(=O)C(C)(C)C)C(C(C)(C)C)CN1. The highest BCUT2D eigenvalue weighted by atomic mass is 32.2. The molecule has 1 N–H and O–H groups in total. The van der Waals surface area contributed by atoms with Crippen molar-refractivity contribution in [1.29, 1.82) is 0 Å². The lowest BCUT2D eigenvalue weighted by Crippen LogP contribution is -2.60. The molecule has 4 nitrogen and oxygen atoms in total. The molecule has 0 aromatic rings. The molecule has 0 bridgehead atoms. The van der Waals surface area contributed by atoms with Crippen LogP contribution in [0.5, 0.6) is 0 Å². The molecule has 2 unspecified atom stereocenters. The molecule has 120 valence electrons. The highest BCUT2D eigenvalue weighted by Crippen LogP contribution is 2.27. The normalized spacial score (nSPS) is 26.8. The lowest BCUT2D eigenvalue weighted by molar-refractivity contribution is 0.0644. The van der Waals surface area contributed by atoms with E-state index < -0.39 is 14.6 Å². The summed E-state index contributed by atoms with van der Waals surface area (Å²) >= 11 is 0. The van der Waals surface area contributed by atoms with Crippen LogP contribution in [0.1, 0.15) is 48.5 Å². The van der Waals surface area contributed by atoms with E-state index in [2.05, 4.69) is 37.9 Å². The summed E-state index contributed by atoms with van der Waals surface area (Å²) in [6, 6.07) is 0.805. The average molecular weight is 305 g/mol. The van der Waals surface area contributed by atoms with Crippen molar-refractivity contribution in [2.45, 2.75) is 65.3 Å². The van der Waals surface area contributed by atoms with Crippen molar-refractivity contribution >= 4 is 9.84 Å². The van der Waals surface area contributed by atoms with Gasteiger partial charge in [0.05, 0.1) is 10.5 Å². The van der Waals surface area contributed by atoms with Crippen LogP contribution in [-0.2, 0) is 9.84 Å². The Labute approximate surface area is 125 Å². The first-order valence-corrected chi connectivity index (χ1v) is 9.19. The number of hydrogen-bond acceptors (Lipinski definition) is 4. The van der Waals surface area contributed by atoms with Crippen molar-refractivity contribution < 1.29 is 8.42 Å². The Morgan fingerprint density at radius 3 is 2.15 bits per heavy atom. The molecule has 0 spiro atoms. The number of nitrogens with zero attached hydrogens (tertiary/aromatic N) is 1. The van der Waals surface area contributed by atoms with Crippen LogP contribution in [0.25, 0.3) is 0 Å². The van der Waals surface area contributed by atoms with Crippen molar-refractivity contribution in [2.75, 3.05) is 25.4 Å². The number of nitrogens with one attached hydrogen (secondary N) is 1. The average Bonchev–Trinajstić information content (AvgIpc) is 2.23. The smallest absolute Gasteiger partial charge is 0.156 e. The van der Waals surface area contributed by atoms with Gasteiger partial charge in [-0.25, -0.2) is 8.42 Å². The fourth-order valence-electron chi connectivity index (χ4n) is 2.63. The van der Waals surface area contributed by atoms with Crippen LogP contribution in [0.3, 0.4) is 0 Å². The first kappa shape index (κ1) is 17.9. The molecule has 1 aliphatic rings. The molecule has 1 aliphatic heterocycles. The molecule has 2 atom stereocenters. The molecule has 0 radical (unpaired) electrons. The van der Waals surface area contributed by atoms with Crippen molar-refractivity contribution in [2.24, 2.45) is 5.41 Å². The topological polar surface area (TPSA) is 49.4 Å². The standard InChI is InChI=1S/C15H32N2O2S/c1-12-11-17(13(10-16-12)14(2,3)4)8-9-20(18,19)15(5,6)7/h12-13,16H,8-11H2,1-7H3. The van der Waals surface area contributed by atoms with E-state index in [-0.39, 0.29) is 11.2 Å². The molecule has 1 rings (SSSR count). The molecule has 0 aliphatic carbocycles. The van der Waals surface area contributed by atoms with Gasteiger partial charge in [-0.3, -0.25) is 4.90 Å². The third-order valence-corrected chi connectivity index (χ3v) is 6.77. The second-order valence-electron chi connectivity index (χ2n) is 8.12. The van der Waals surface area contributed by atoms with Crippen molar-refractivity contribution in [3.63, 3.8) is 0 Å². The van der Waals surface area contributed by atoms with Gasteiger partial charge in [-0.05, 0) is 33.1 Å². The molecule has 1 saturated heterocycles. The van der Waals surface area contributed by atoms with Gasteiger partial charge in [0, 0.05) is 31.7 Å². The van der Waals surface area contributed by atoms with Crippen LogP contribution in [0.4, 0.5) is 0 Å². The van der Waals surface area contributed by atoms with E-state index >= 15 is 0 Å². The third kappa shape index (κ3) is 4.43. The van der Waals surface area contributed by atoms with Gasteiger partial charge < -0.3 is 5.32 Å². The molecular formula is C15H32N2O2S. The fourth-order valence-corrected chi connectivity index (χ4v) is 3.72. The van der Waals surface area contributed by atoms with Crippen LogP contribution in [0.2, 0.25) is 0 Å². The molecule has 0 aromatic heterocycles. The molecular weight excluding hydrogens is 272 g/mol. The van der Waals surface area contributed by atoms with Gasteiger partial charge in [-0.2, -0.15) is 0 Å². The third-order valence-electron chi connectivity index (χ3n) is 4.19. The summed E-state index contributed by atoms with van der Waals surface area (Å²) in [6.07, 6.45) is 0. The summed E-state index contributed by atoms with van der Waals surface area (Å²) in [6.45, 7) is 16.7. The molecule has 1 fully saturated rings. The molecule has 5 heteroatoms. The molecule has 20 heavy (non-hydrogen) atoms. The van der Waals surface area contributed by atoms with E-state index in [0.29, 0.717) is 18.6 Å². The van der Waals surface area contributed by atoms with Gasteiger partial charge in [-0.1, -0.05) is 20.8 Å². The minimum Gasteiger partial charge on any atom is -0.311 e. The second-order valence-corrected chi connectivity index (χ2v) is 11.0. The predicted molar refractivity (Wildman–Crippen MR) is 85.8 cm³/mol. The highest BCUT2D eigenvalue weighted by Gasteiger charge is 2.36. The first-order chi connectivity index (χ1) is 8.84. The summed E-state index contributed by atoms with van der Waals surface area (Å²) < 4.78 is 23.9. The predicted octanol–water partition coefficient (Wildman–Crippen LogP) is 1.91. The Bertz CT molecular complexity index is 418. The zero-order valence-corrected chi connectivity index (χ0v) is 15.0. The summed E-state index contributed by atoms with van der Waals surface area (Å²) in [4.78, 5) is 2.35. The zero-order chi connectivity index (χ0) is 15.8. The Balaban J connectivity index is 2.77. The Hall–Kier alpha value is -0.130. The van der Waals surface area contributed by atoms with Gasteiger partial charge in [0.1, 0.15) is 0 Å². The Morgan fingerprint density at radius 1 is 1.15 bits per heavy atom. The van der Waals surface area contributed by atoms with Crippen LogP contribution in [0, 0.1) is 5.41 Å². The number of sulfone groups is 1. The van der Waals surface area contributed by atoms with Crippen LogP contribution in [-0.4, -0.2) is 55.5 Å². The number of piperazine rings is 1. The van der Waals surface area contributed by atoms with Crippen LogP contribution < -0.4 is 5.32 Å². The molecule has 0 amide bonds. The molecule has 1 heterocycles. The maximum absolute atomic E-state index is 12.3. The van der Waals surface area contributed by atoms with E-state index in [1.165, 1.54) is 0 Å². The van der Waals surface area contributed by atoms with Crippen molar-refractivity contribution in [1.82, 2.24) is 10.2 Å². The van der Waals surface area contributed by atoms with Crippen molar-refractivity contribution in [3.8, 4) is 0 Å². The first-order valence-electron chi connectivity index (χ1n) is 7.54. The quantitative estimate of drug-likeness (QED) is 0.865. The maximum Gasteiger partial charge on any atom is 0.156 e. The monoisotopic (exact) mass is 304 g/mol. The number of rotatable bonds is 3. The fraction of sp³-hybridized carbons (Fsp3) is 1.00. The lowest BCUT2D eigenvalue weighted by Gasteiger charge is -2.46. The van der Waals surface area contributed by atoms with Gasteiger partial charge in [0.25, 0.3) is 0 Å². The largest absolute Gasteiger partial charge is 0.311 e. The van der Waals surface area contributed by atoms with Gasteiger partial charge >= 0.3 is 0 Å². The van der Waals surface area contributed by atoms with E-state index in [0.717, 1.165) is 13.1 Å². The highest BCUT2D eigenvalue weighted by molar-refractivity contribution is 7.92. The summed E-state index contributed by atoms with van der Waals surface area (Å²) in [7, 11) is -3.05. The number of hydrogen-bond donors (Lipinski definition) is 1. The maximum atomic E-state index is 12.3. The minimum atomic E-state index is -3.05. The second kappa shape index (κ2) is 5.93. The van der Waals surface area contributed by atoms with E-state index in [4.69, 9.17) is 0 Å². The van der Waals surface area contributed by atoms with Crippen LogP contribution >= 0.6 is 0 Å². The zero-order valence-electron chi connectivity index (χ0n) is 14.2. The van der Waals surface area contributed by atoms with E-state index in [9.17, 15) is 8.42 Å². The summed E-state index contributed by atoms with van der Waals surface area (Å²) in [5.74, 6) is 0.246. The van der Waals surface area contributed by atoms with Gasteiger partial charge in [0.15, 0.2) is 9.84 Å². The molecule has 0 aromatic carbocycles. The Morgan fingerprint density at radius 2 is 1.70 bits per heavy atom. The Kier molecular flexibility index (Phi) is 5.32. The van der Waals surface area contributed by atoms with Gasteiger partial charge in [0.2, 0.25) is 0 Å².